The number of ether oxygens (including phenoxy) is 5. The molecule has 1 saturated carbocycles. The number of hydrogen-bond donors (Lipinski definition) is 0. The molecule has 0 N–H and O–H groups in total. The van der Waals surface area contributed by atoms with Crippen LogP contribution in [0.1, 0.15) is 31.2 Å². The second-order valence-corrected chi connectivity index (χ2v) is 5.90. The second-order valence-electron chi connectivity index (χ2n) is 5.90. The molecule has 0 amide bonds. The summed E-state index contributed by atoms with van der Waals surface area (Å²) in [6.07, 6.45) is 4.19. The Kier molecular flexibility index (Phi) is 4.57. The topological polar surface area (TPSA) is 80.3 Å². The van der Waals surface area contributed by atoms with Gasteiger partial charge < -0.3 is 23.7 Å². The average Bonchev–Trinajstić information content (AvgIpc) is 3.04. The molecule has 0 aromatic heterocycles. The summed E-state index contributed by atoms with van der Waals surface area (Å²) in [6, 6.07) is 3.23. The molecule has 25 heavy (non-hydrogen) atoms. The van der Waals surface area contributed by atoms with Crippen molar-refractivity contribution in [3.05, 3.63) is 23.3 Å². The van der Waals surface area contributed by atoms with Gasteiger partial charge in [0.05, 0.1) is 21.3 Å². The molecule has 1 aromatic carbocycles. The van der Waals surface area contributed by atoms with Crippen LogP contribution in [-0.2, 0) is 19.1 Å². The van der Waals surface area contributed by atoms with Crippen molar-refractivity contribution < 1.29 is 33.3 Å². The zero-order valence-electron chi connectivity index (χ0n) is 14.4. The van der Waals surface area contributed by atoms with Gasteiger partial charge in [-0.25, -0.2) is 9.59 Å². The molecule has 0 bridgehead atoms. The zero-order valence-corrected chi connectivity index (χ0v) is 14.4. The van der Waals surface area contributed by atoms with Crippen LogP contribution in [0.25, 0.3) is 6.08 Å². The molecule has 0 unspecified atom stereocenters. The lowest BCUT2D eigenvalue weighted by atomic mass is 10.1. The van der Waals surface area contributed by atoms with E-state index in [2.05, 4.69) is 0 Å². The van der Waals surface area contributed by atoms with Crippen molar-refractivity contribution in [1.82, 2.24) is 0 Å². The fourth-order valence-corrected chi connectivity index (χ4v) is 3.11. The maximum absolute atomic E-state index is 12.4. The van der Waals surface area contributed by atoms with Gasteiger partial charge in [0.25, 0.3) is 5.79 Å². The zero-order chi connectivity index (χ0) is 18.0. The number of benzene rings is 1. The number of methoxy groups -OCH3 is 3. The molecule has 0 atom stereocenters. The van der Waals surface area contributed by atoms with E-state index >= 15 is 0 Å². The van der Waals surface area contributed by atoms with E-state index in [9.17, 15) is 9.59 Å². The van der Waals surface area contributed by atoms with E-state index < -0.39 is 17.7 Å². The van der Waals surface area contributed by atoms with Gasteiger partial charge in [-0.05, 0) is 25.0 Å². The Morgan fingerprint density at radius 1 is 0.880 bits per heavy atom. The summed E-state index contributed by atoms with van der Waals surface area (Å²) in [5.41, 5.74) is 0.300. The quantitative estimate of drug-likeness (QED) is 0.470. The van der Waals surface area contributed by atoms with E-state index in [0.717, 1.165) is 12.8 Å². The Morgan fingerprint density at radius 3 is 1.92 bits per heavy atom. The summed E-state index contributed by atoms with van der Waals surface area (Å²) < 4.78 is 26.6. The van der Waals surface area contributed by atoms with Crippen LogP contribution in [0.2, 0.25) is 0 Å². The molecule has 1 aromatic rings. The molecule has 2 aliphatic rings. The predicted molar refractivity (Wildman–Crippen MR) is 87.5 cm³/mol. The fraction of sp³-hybridized carbons (Fsp3) is 0.444. The van der Waals surface area contributed by atoms with Crippen molar-refractivity contribution >= 4 is 18.0 Å². The standard InChI is InChI=1S/C18H20O7/c1-21-13-10-15(23-3)14(22-2)9-11(13)8-12-16(19)24-18(25-17(12)20)6-4-5-7-18/h8-10H,4-7H2,1-3H3. The maximum atomic E-state index is 12.4. The molecule has 1 spiro atoms. The SMILES string of the molecule is COc1cc(OC)c(OC)cc1C=C1C(=O)OC2(CCCC2)OC1=O. The van der Waals surface area contributed by atoms with Gasteiger partial charge in [-0.3, -0.25) is 0 Å². The molecular formula is C18H20O7. The Hall–Kier alpha value is -2.70. The molecule has 0 radical (unpaired) electrons. The molecule has 134 valence electrons. The number of hydrogen-bond acceptors (Lipinski definition) is 7. The van der Waals surface area contributed by atoms with Crippen molar-refractivity contribution in [2.45, 2.75) is 31.5 Å². The number of esters is 2. The van der Waals surface area contributed by atoms with E-state index in [1.165, 1.54) is 27.4 Å². The van der Waals surface area contributed by atoms with Gasteiger partial charge >= 0.3 is 11.9 Å². The van der Waals surface area contributed by atoms with Gasteiger partial charge in [0.1, 0.15) is 11.3 Å². The monoisotopic (exact) mass is 348 g/mol. The van der Waals surface area contributed by atoms with Crippen molar-refractivity contribution in [2.24, 2.45) is 0 Å². The van der Waals surface area contributed by atoms with Crippen LogP contribution < -0.4 is 14.2 Å². The highest BCUT2D eigenvalue weighted by Gasteiger charge is 2.47. The summed E-state index contributed by atoms with van der Waals surface area (Å²) in [6.45, 7) is 0. The summed E-state index contributed by atoms with van der Waals surface area (Å²) in [5.74, 6) is -1.12. The van der Waals surface area contributed by atoms with Crippen molar-refractivity contribution in [2.75, 3.05) is 21.3 Å². The Balaban J connectivity index is 1.97. The molecule has 7 heteroatoms. The lowest BCUT2D eigenvalue weighted by molar-refractivity contribution is -0.232. The second kappa shape index (κ2) is 6.66. The molecule has 1 aliphatic heterocycles. The summed E-state index contributed by atoms with van der Waals surface area (Å²) >= 11 is 0. The minimum Gasteiger partial charge on any atom is -0.496 e. The van der Waals surface area contributed by atoms with Crippen LogP contribution in [0.3, 0.4) is 0 Å². The van der Waals surface area contributed by atoms with Crippen molar-refractivity contribution in [3.8, 4) is 17.2 Å². The largest absolute Gasteiger partial charge is 0.496 e. The summed E-state index contributed by atoms with van der Waals surface area (Å²) in [5, 5.41) is 0. The third-order valence-electron chi connectivity index (χ3n) is 4.40. The molecule has 1 heterocycles. The van der Waals surface area contributed by atoms with Gasteiger partial charge in [-0.1, -0.05) is 0 Å². The summed E-state index contributed by atoms with van der Waals surface area (Å²) in [7, 11) is 4.48. The first-order valence-electron chi connectivity index (χ1n) is 8.00. The van der Waals surface area contributed by atoms with Gasteiger partial charge in [-0.2, -0.15) is 0 Å². The Morgan fingerprint density at radius 2 is 1.40 bits per heavy atom. The smallest absolute Gasteiger partial charge is 0.348 e. The molecule has 1 saturated heterocycles. The molecule has 2 fully saturated rings. The van der Waals surface area contributed by atoms with Crippen LogP contribution in [0.5, 0.6) is 17.2 Å². The Labute approximate surface area is 145 Å². The first-order chi connectivity index (χ1) is 12.0. The minimum atomic E-state index is -1.09. The highest BCUT2D eigenvalue weighted by Crippen LogP contribution is 2.40. The lowest BCUT2D eigenvalue weighted by Crippen LogP contribution is -2.44. The number of carbonyl (C=O) groups is 2. The van der Waals surface area contributed by atoms with Gasteiger partial charge in [-0.15, -0.1) is 0 Å². The third-order valence-corrected chi connectivity index (χ3v) is 4.40. The van der Waals surface area contributed by atoms with Crippen LogP contribution >= 0.6 is 0 Å². The van der Waals surface area contributed by atoms with Crippen LogP contribution in [0.4, 0.5) is 0 Å². The summed E-state index contributed by atoms with van der Waals surface area (Å²) in [4.78, 5) is 24.7. The Bertz CT molecular complexity index is 707. The first-order valence-corrected chi connectivity index (χ1v) is 8.00. The third kappa shape index (κ3) is 3.14. The van der Waals surface area contributed by atoms with Crippen molar-refractivity contribution in [1.29, 1.82) is 0 Å². The highest BCUT2D eigenvalue weighted by atomic mass is 16.7. The van der Waals surface area contributed by atoms with E-state index in [4.69, 9.17) is 23.7 Å². The average molecular weight is 348 g/mol. The van der Waals surface area contributed by atoms with E-state index in [0.29, 0.717) is 35.7 Å². The fourth-order valence-electron chi connectivity index (χ4n) is 3.11. The minimum absolute atomic E-state index is 0.178. The lowest BCUT2D eigenvalue weighted by Gasteiger charge is -2.32. The highest BCUT2D eigenvalue weighted by molar-refractivity contribution is 6.19. The van der Waals surface area contributed by atoms with Crippen molar-refractivity contribution in [3.63, 3.8) is 0 Å². The van der Waals surface area contributed by atoms with Gasteiger partial charge in [0.15, 0.2) is 11.5 Å². The number of carbonyl (C=O) groups excluding carboxylic acids is 2. The van der Waals surface area contributed by atoms with Crippen LogP contribution in [0.15, 0.2) is 17.7 Å². The van der Waals surface area contributed by atoms with Gasteiger partial charge in [0.2, 0.25) is 0 Å². The van der Waals surface area contributed by atoms with E-state index in [1.54, 1.807) is 12.1 Å². The first kappa shape index (κ1) is 17.1. The molecular weight excluding hydrogens is 328 g/mol. The molecule has 7 nitrogen and oxygen atoms in total. The van der Waals surface area contributed by atoms with E-state index in [1.807, 2.05) is 0 Å². The van der Waals surface area contributed by atoms with Gasteiger partial charge in [0, 0.05) is 24.5 Å². The maximum Gasteiger partial charge on any atom is 0.348 e. The van der Waals surface area contributed by atoms with Crippen LogP contribution in [0, 0.1) is 0 Å². The van der Waals surface area contributed by atoms with Crippen LogP contribution in [-0.4, -0.2) is 39.1 Å². The van der Waals surface area contributed by atoms with E-state index in [-0.39, 0.29) is 5.57 Å². The number of rotatable bonds is 4. The normalized spacial score (nSPS) is 18.6. The molecule has 1 aliphatic carbocycles. The predicted octanol–water partition coefficient (Wildman–Crippen LogP) is 2.47. The molecule has 3 rings (SSSR count).